The van der Waals surface area contributed by atoms with Crippen LogP contribution >= 0.6 is 0 Å². The van der Waals surface area contributed by atoms with Crippen LogP contribution in [-0.2, 0) is 11.3 Å². The van der Waals surface area contributed by atoms with Gasteiger partial charge in [0.25, 0.3) is 0 Å². The minimum absolute atomic E-state index is 0.00658. The molecular weight excluding hydrogens is 482 g/mol. The van der Waals surface area contributed by atoms with Gasteiger partial charge in [0.15, 0.2) is 0 Å². The van der Waals surface area contributed by atoms with Crippen molar-refractivity contribution < 1.29 is 19.1 Å². The minimum atomic E-state index is -0.501. The summed E-state index contributed by atoms with van der Waals surface area (Å²) in [4.78, 5) is 44.5. The molecule has 9 heteroatoms. The highest BCUT2D eigenvalue weighted by Gasteiger charge is 2.38. The van der Waals surface area contributed by atoms with Crippen LogP contribution in [0.4, 0.5) is 16.2 Å². The molecule has 0 bridgehead atoms. The van der Waals surface area contributed by atoms with E-state index in [1.807, 2.05) is 55.9 Å². The highest BCUT2D eigenvalue weighted by Crippen LogP contribution is 2.37. The Hall–Kier alpha value is -3.59. The average Bonchev–Trinajstić information content (AvgIpc) is 2.88. The first-order valence-corrected chi connectivity index (χ1v) is 13.2. The van der Waals surface area contributed by atoms with Gasteiger partial charge in [0, 0.05) is 42.4 Å². The number of ether oxygens (including phenoxy) is 1. The largest absolute Gasteiger partial charge is 0.496 e. The predicted octanol–water partition coefficient (Wildman–Crippen LogP) is 3.91. The fraction of sp³-hybridized carbons (Fsp3) is 0.483. The zero-order valence-corrected chi connectivity index (χ0v) is 23.0. The Morgan fingerprint density at radius 3 is 2.42 bits per heavy atom. The lowest BCUT2D eigenvalue weighted by atomic mass is 9.84. The maximum Gasteiger partial charge on any atom is 0.325 e. The smallest absolute Gasteiger partial charge is 0.325 e. The molecule has 0 spiro atoms. The molecule has 1 saturated carbocycles. The highest BCUT2D eigenvalue weighted by atomic mass is 16.5. The van der Waals surface area contributed by atoms with Gasteiger partial charge in [-0.1, -0.05) is 6.07 Å². The number of primary amides is 1. The van der Waals surface area contributed by atoms with Crippen LogP contribution in [0, 0.1) is 19.8 Å². The predicted molar refractivity (Wildman–Crippen MR) is 149 cm³/mol. The number of nitrogens with one attached hydrogen (secondary N) is 1. The number of rotatable bonds is 8. The molecule has 0 atom stereocenters. The third-order valence-corrected chi connectivity index (χ3v) is 7.78. The summed E-state index contributed by atoms with van der Waals surface area (Å²) in [6, 6.07) is 9.21. The van der Waals surface area contributed by atoms with Gasteiger partial charge in [0.2, 0.25) is 11.8 Å². The van der Waals surface area contributed by atoms with Crippen molar-refractivity contribution >= 4 is 29.2 Å². The van der Waals surface area contributed by atoms with Gasteiger partial charge in [-0.15, -0.1) is 0 Å². The SMILES string of the molecule is COc1cc(NC(=O)C2CCC(N3Cc4c(C)cc(C(N)=O)cc4N(CCN(C)C)C3=O)CC2)ccc1C. The molecule has 4 amide bonds. The van der Waals surface area contributed by atoms with E-state index in [-0.39, 0.29) is 23.9 Å². The van der Waals surface area contributed by atoms with Crippen LogP contribution in [0.3, 0.4) is 0 Å². The quantitative estimate of drug-likeness (QED) is 0.548. The van der Waals surface area contributed by atoms with E-state index < -0.39 is 5.91 Å². The second-order valence-corrected chi connectivity index (χ2v) is 10.7. The van der Waals surface area contributed by atoms with Gasteiger partial charge in [-0.25, -0.2) is 4.79 Å². The number of hydrogen-bond acceptors (Lipinski definition) is 5. The Kier molecular flexibility index (Phi) is 8.26. The maximum atomic E-state index is 13.8. The van der Waals surface area contributed by atoms with Gasteiger partial charge in [0.1, 0.15) is 5.75 Å². The number of fused-ring (bicyclic) bond motifs is 1. The number of nitrogens with two attached hydrogens (primary N) is 1. The lowest BCUT2D eigenvalue weighted by Crippen LogP contribution is -2.54. The van der Waals surface area contributed by atoms with Crippen LogP contribution in [0.15, 0.2) is 30.3 Å². The number of hydrogen-bond donors (Lipinski definition) is 2. The summed E-state index contributed by atoms with van der Waals surface area (Å²) in [5.74, 6) is 0.147. The molecule has 1 fully saturated rings. The topological polar surface area (TPSA) is 108 Å². The zero-order chi connectivity index (χ0) is 27.6. The molecule has 1 aliphatic carbocycles. The van der Waals surface area contributed by atoms with Crippen LogP contribution < -0.4 is 20.7 Å². The van der Waals surface area contributed by atoms with Gasteiger partial charge >= 0.3 is 6.03 Å². The molecule has 3 N–H and O–H groups in total. The Labute approximate surface area is 224 Å². The number of carbonyl (C=O) groups excluding carboxylic acids is 3. The lowest BCUT2D eigenvalue weighted by molar-refractivity contribution is -0.121. The first kappa shape index (κ1) is 27.4. The lowest BCUT2D eigenvalue weighted by Gasteiger charge is -2.44. The molecule has 1 aliphatic heterocycles. The zero-order valence-electron chi connectivity index (χ0n) is 23.0. The van der Waals surface area contributed by atoms with Crippen LogP contribution in [0.2, 0.25) is 0 Å². The third-order valence-electron chi connectivity index (χ3n) is 7.78. The number of nitrogens with zero attached hydrogens (tertiary/aromatic N) is 3. The Morgan fingerprint density at radius 1 is 1.08 bits per heavy atom. The molecule has 9 nitrogen and oxygen atoms in total. The van der Waals surface area contributed by atoms with Gasteiger partial charge in [-0.05, 0) is 88.5 Å². The van der Waals surface area contributed by atoms with E-state index in [2.05, 4.69) is 5.32 Å². The van der Waals surface area contributed by atoms with Crippen molar-refractivity contribution in [3.63, 3.8) is 0 Å². The Morgan fingerprint density at radius 2 is 1.79 bits per heavy atom. The Balaban J connectivity index is 1.47. The average molecular weight is 522 g/mol. The molecule has 0 aromatic heterocycles. The van der Waals surface area contributed by atoms with Gasteiger partial charge < -0.3 is 25.6 Å². The van der Waals surface area contributed by atoms with Crippen molar-refractivity contribution in [3.8, 4) is 5.75 Å². The second-order valence-electron chi connectivity index (χ2n) is 10.7. The van der Waals surface area contributed by atoms with Gasteiger partial charge in [-0.3, -0.25) is 14.5 Å². The van der Waals surface area contributed by atoms with E-state index in [1.54, 1.807) is 24.1 Å². The summed E-state index contributed by atoms with van der Waals surface area (Å²) in [6.07, 6.45) is 2.95. The molecule has 0 radical (unpaired) electrons. The number of urea groups is 1. The molecular formula is C29H39N5O4. The van der Waals surface area contributed by atoms with Gasteiger partial charge in [0.05, 0.1) is 19.3 Å². The van der Waals surface area contributed by atoms with Crippen molar-refractivity contribution in [1.29, 1.82) is 0 Å². The number of carbonyl (C=O) groups is 3. The van der Waals surface area contributed by atoms with E-state index in [4.69, 9.17) is 10.5 Å². The fourth-order valence-corrected chi connectivity index (χ4v) is 5.48. The normalized spacial score (nSPS) is 19.4. The number of amides is 4. The maximum absolute atomic E-state index is 13.8. The number of benzene rings is 2. The minimum Gasteiger partial charge on any atom is -0.496 e. The molecule has 38 heavy (non-hydrogen) atoms. The van der Waals surface area contributed by atoms with Crippen molar-refractivity contribution in [2.24, 2.45) is 11.7 Å². The van der Waals surface area contributed by atoms with Crippen molar-refractivity contribution in [2.75, 3.05) is 44.5 Å². The molecule has 204 valence electrons. The summed E-state index contributed by atoms with van der Waals surface area (Å²) >= 11 is 0. The summed E-state index contributed by atoms with van der Waals surface area (Å²) < 4.78 is 5.38. The third kappa shape index (κ3) is 5.78. The van der Waals surface area contributed by atoms with E-state index >= 15 is 0 Å². The molecule has 2 aromatic rings. The summed E-state index contributed by atoms with van der Waals surface area (Å²) in [5.41, 5.74) is 10.5. The number of anilines is 2. The summed E-state index contributed by atoms with van der Waals surface area (Å²) in [5, 5.41) is 3.04. The van der Waals surface area contributed by atoms with Crippen molar-refractivity contribution in [1.82, 2.24) is 9.80 Å². The second kappa shape index (κ2) is 11.4. The van der Waals surface area contributed by atoms with Crippen LogP contribution in [-0.4, -0.2) is 68.0 Å². The van der Waals surface area contributed by atoms with Crippen LogP contribution in [0.1, 0.15) is 52.7 Å². The molecule has 0 saturated heterocycles. The molecule has 2 aromatic carbocycles. The van der Waals surface area contributed by atoms with Crippen LogP contribution in [0.5, 0.6) is 5.75 Å². The van der Waals surface area contributed by atoms with E-state index in [1.165, 1.54) is 0 Å². The number of likely N-dealkylation sites (N-methyl/N-ethyl adjacent to an activating group) is 1. The summed E-state index contributed by atoms with van der Waals surface area (Å²) in [6.45, 7) is 5.61. The number of aryl methyl sites for hydroxylation is 2. The van der Waals surface area contributed by atoms with Crippen LogP contribution in [0.25, 0.3) is 0 Å². The van der Waals surface area contributed by atoms with E-state index in [0.29, 0.717) is 38.0 Å². The molecule has 2 aliphatic rings. The number of methoxy groups -OCH3 is 1. The molecule has 4 rings (SSSR count). The van der Waals surface area contributed by atoms with Crippen molar-refractivity contribution in [2.45, 2.75) is 52.1 Å². The monoisotopic (exact) mass is 521 g/mol. The Bertz CT molecular complexity index is 1220. The summed E-state index contributed by atoms with van der Waals surface area (Å²) in [7, 11) is 5.56. The molecule has 1 heterocycles. The highest BCUT2D eigenvalue weighted by molar-refractivity contribution is 5.99. The van der Waals surface area contributed by atoms with Gasteiger partial charge in [-0.2, -0.15) is 0 Å². The first-order chi connectivity index (χ1) is 18.1. The van der Waals surface area contributed by atoms with E-state index in [0.717, 1.165) is 46.7 Å². The molecule has 0 unspecified atom stereocenters. The van der Waals surface area contributed by atoms with E-state index in [9.17, 15) is 14.4 Å². The standard InChI is InChI=1S/C29H39N5O4/c1-18-6-9-22(16-26(18)38-5)31-28(36)20-7-10-23(11-8-20)34-17-24-19(2)14-21(27(30)35)15-25(24)33(29(34)37)13-12-32(3)4/h6,9,14-16,20,23H,7-8,10-13,17H2,1-5H3,(H2,30,35)(H,31,36). The fourth-order valence-electron chi connectivity index (χ4n) is 5.48. The first-order valence-electron chi connectivity index (χ1n) is 13.2. The van der Waals surface area contributed by atoms with Crippen molar-refractivity contribution in [3.05, 3.63) is 52.6 Å².